The van der Waals surface area contributed by atoms with Crippen LogP contribution in [0, 0.1) is 0 Å². The van der Waals surface area contributed by atoms with E-state index in [9.17, 15) is 0 Å². The van der Waals surface area contributed by atoms with Crippen LogP contribution in [0.1, 0.15) is 76.6 Å². The molecule has 2 heterocycles. The van der Waals surface area contributed by atoms with Gasteiger partial charge in [0.2, 0.25) is 0 Å². The summed E-state index contributed by atoms with van der Waals surface area (Å²) >= 11 is 0. The molecule has 2 nitrogen and oxygen atoms in total. The van der Waals surface area contributed by atoms with E-state index in [2.05, 4.69) is 54.8 Å². The summed E-state index contributed by atoms with van der Waals surface area (Å²) in [4.78, 5) is 5.49. The van der Waals surface area contributed by atoms with Crippen LogP contribution in [0.5, 0.6) is 0 Å². The van der Waals surface area contributed by atoms with Crippen molar-refractivity contribution in [3.05, 3.63) is 35.4 Å². The molecule has 1 aromatic carbocycles. The maximum absolute atomic E-state index is 2.75. The number of piperidine rings is 2. The van der Waals surface area contributed by atoms with E-state index in [4.69, 9.17) is 0 Å². The lowest BCUT2D eigenvalue weighted by atomic mass is 9.85. The molecule has 2 fully saturated rings. The minimum atomic E-state index is 0.227. The second kappa shape index (κ2) is 7.36. The Morgan fingerprint density at radius 2 is 1.30 bits per heavy atom. The Bertz CT molecular complexity index is 473. The van der Waals surface area contributed by atoms with Gasteiger partial charge >= 0.3 is 0 Å². The summed E-state index contributed by atoms with van der Waals surface area (Å²) in [5.41, 5.74) is 3.21. The summed E-state index contributed by atoms with van der Waals surface area (Å²) in [5, 5.41) is 0. The number of benzene rings is 1. The molecule has 0 saturated carbocycles. The summed E-state index contributed by atoms with van der Waals surface area (Å²) in [5.74, 6) is 0. The van der Waals surface area contributed by atoms with Crippen molar-refractivity contribution in [1.82, 2.24) is 9.80 Å². The Hall–Kier alpha value is -0.860. The van der Waals surface area contributed by atoms with E-state index in [0.717, 1.165) is 0 Å². The van der Waals surface area contributed by atoms with Crippen LogP contribution in [-0.2, 0) is 5.41 Å². The van der Waals surface area contributed by atoms with Gasteiger partial charge < -0.3 is 0 Å². The van der Waals surface area contributed by atoms with E-state index in [1.807, 2.05) is 0 Å². The van der Waals surface area contributed by atoms with Gasteiger partial charge in [0.15, 0.2) is 0 Å². The van der Waals surface area contributed by atoms with Crippen LogP contribution in [0.15, 0.2) is 24.3 Å². The molecule has 1 aromatic rings. The third-order valence-corrected chi connectivity index (χ3v) is 5.52. The first kappa shape index (κ1) is 17.0. The first-order chi connectivity index (χ1) is 11.1. The predicted octanol–water partition coefficient (Wildman–Crippen LogP) is 4.95. The zero-order valence-electron chi connectivity index (χ0n) is 15.4. The molecule has 3 rings (SSSR count). The van der Waals surface area contributed by atoms with Gasteiger partial charge in [-0.25, -0.2) is 0 Å². The van der Waals surface area contributed by atoms with Gasteiger partial charge in [-0.05, 0) is 68.4 Å². The minimum Gasteiger partial charge on any atom is -0.284 e. The highest BCUT2D eigenvalue weighted by atomic mass is 15.4. The number of hydrogen-bond acceptors (Lipinski definition) is 2. The maximum Gasteiger partial charge on any atom is 0.0886 e. The van der Waals surface area contributed by atoms with Crippen LogP contribution in [0.25, 0.3) is 0 Å². The Morgan fingerprint density at radius 3 is 1.78 bits per heavy atom. The van der Waals surface area contributed by atoms with Crippen molar-refractivity contribution in [2.45, 2.75) is 70.9 Å². The molecule has 128 valence electrons. The monoisotopic (exact) mass is 314 g/mol. The van der Waals surface area contributed by atoms with E-state index < -0.39 is 0 Å². The topological polar surface area (TPSA) is 6.48 Å². The van der Waals surface area contributed by atoms with E-state index in [0.29, 0.717) is 6.17 Å². The van der Waals surface area contributed by atoms with Crippen LogP contribution in [-0.4, -0.2) is 36.0 Å². The molecule has 2 heteroatoms. The Labute approximate surface area is 142 Å². The largest absolute Gasteiger partial charge is 0.284 e. The number of likely N-dealkylation sites (tertiary alicyclic amines) is 2. The zero-order valence-corrected chi connectivity index (χ0v) is 15.4. The molecule has 23 heavy (non-hydrogen) atoms. The molecular formula is C21H34N2. The lowest BCUT2D eigenvalue weighted by molar-refractivity contribution is 0.0156. The molecule has 0 unspecified atom stereocenters. The first-order valence-corrected chi connectivity index (χ1v) is 9.64. The summed E-state index contributed by atoms with van der Waals surface area (Å²) in [6, 6.07) is 9.42. The number of hydrogen-bond donors (Lipinski definition) is 0. The van der Waals surface area contributed by atoms with E-state index in [-0.39, 0.29) is 5.41 Å². The van der Waals surface area contributed by atoms with Crippen LogP contribution >= 0.6 is 0 Å². The summed E-state index contributed by atoms with van der Waals surface area (Å²) in [6.07, 6.45) is 8.77. The van der Waals surface area contributed by atoms with Gasteiger partial charge in [-0.1, -0.05) is 57.9 Å². The van der Waals surface area contributed by atoms with Crippen LogP contribution in [0.4, 0.5) is 0 Å². The zero-order chi connectivity index (χ0) is 16.3. The van der Waals surface area contributed by atoms with Crippen molar-refractivity contribution in [3.63, 3.8) is 0 Å². The third kappa shape index (κ3) is 4.16. The fourth-order valence-electron chi connectivity index (χ4n) is 4.14. The molecule has 0 atom stereocenters. The van der Waals surface area contributed by atoms with E-state index in [1.54, 1.807) is 0 Å². The number of nitrogens with zero attached hydrogens (tertiary/aromatic N) is 2. The molecule has 0 bridgehead atoms. The van der Waals surface area contributed by atoms with Crippen molar-refractivity contribution in [1.29, 1.82) is 0 Å². The van der Waals surface area contributed by atoms with Gasteiger partial charge in [0.05, 0.1) is 6.17 Å². The minimum absolute atomic E-state index is 0.227. The van der Waals surface area contributed by atoms with Crippen LogP contribution in [0.2, 0.25) is 0 Å². The molecule has 0 N–H and O–H groups in total. The summed E-state index contributed by atoms with van der Waals surface area (Å²) in [7, 11) is 0. The van der Waals surface area contributed by atoms with Crippen molar-refractivity contribution in [2.24, 2.45) is 0 Å². The first-order valence-electron chi connectivity index (χ1n) is 9.64. The summed E-state index contributed by atoms with van der Waals surface area (Å²) in [6.45, 7) is 12.0. The number of rotatable bonds is 3. The molecule has 0 amide bonds. The lowest BCUT2D eigenvalue weighted by Crippen LogP contribution is -2.45. The highest BCUT2D eigenvalue weighted by molar-refractivity contribution is 5.30. The normalized spacial score (nSPS) is 21.7. The summed E-state index contributed by atoms with van der Waals surface area (Å²) < 4.78 is 0. The van der Waals surface area contributed by atoms with Gasteiger partial charge in [-0.15, -0.1) is 0 Å². The fraction of sp³-hybridized carbons (Fsp3) is 0.714. The Kier molecular flexibility index (Phi) is 5.43. The maximum atomic E-state index is 2.75. The highest BCUT2D eigenvalue weighted by Crippen LogP contribution is 2.33. The fourth-order valence-corrected chi connectivity index (χ4v) is 4.14. The SMILES string of the molecule is CC(C)(C)c1cccc(C(N2CCCCC2)N2CCCCC2)c1. The predicted molar refractivity (Wildman–Crippen MR) is 98.7 cm³/mol. The average Bonchev–Trinajstić information content (AvgIpc) is 2.57. The molecule has 0 aromatic heterocycles. The standard InChI is InChI=1S/C21H34N2/c1-21(2,3)19-12-10-11-18(17-19)20(22-13-6-4-7-14-22)23-15-8-5-9-16-23/h10-12,17,20H,4-9,13-16H2,1-3H3. The highest BCUT2D eigenvalue weighted by Gasteiger charge is 2.29. The Balaban J connectivity index is 1.90. The van der Waals surface area contributed by atoms with Crippen molar-refractivity contribution in [2.75, 3.05) is 26.2 Å². The Morgan fingerprint density at radius 1 is 0.783 bits per heavy atom. The van der Waals surface area contributed by atoms with Gasteiger partial charge in [-0.3, -0.25) is 9.80 Å². The van der Waals surface area contributed by atoms with Crippen molar-refractivity contribution in [3.8, 4) is 0 Å². The van der Waals surface area contributed by atoms with E-state index in [1.165, 1.54) is 75.8 Å². The van der Waals surface area contributed by atoms with Gasteiger partial charge in [0.25, 0.3) is 0 Å². The van der Waals surface area contributed by atoms with Crippen LogP contribution in [0.3, 0.4) is 0 Å². The molecule has 0 spiro atoms. The van der Waals surface area contributed by atoms with Gasteiger partial charge in [0.1, 0.15) is 0 Å². The third-order valence-electron chi connectivity index (χ3n) is 5.52. The molecule has 2 saturated heterocycles. The smallest absolute Gasteiger partial charge is 0.0886 e. The molecule has 2 aliphatic heterocycles. The second-order valence-electron chi connectivity index (χ2n) is 8.44. The van der Waals surface area contributed by atoms with Gasteiger partial charge in [0, 0.05) is 0 Å². The van der Waals surface area contributed by atoms with E-state index >= 15 is 0 Å². The second-order valence-corrected chi connectivity index (χ2v) is 8.44. The average molecular weight is 315 g/mol. The lowest BCUT2D eigenvalue weighted by Gasteiger charge is -2.43. The molecule has 0 aliphatic carbocycles. The van der Waals surface area contributed by atoms with Gasteiger partial charge in [-0.2, -0.15) is 0 Å². The molecule has 0 radical (unpaired) electrons. The van der Waals surface area contributed by atoms with Crippen LogP contribution < -0.4 is 0 Å². The van der Waals surface area contributed by atoms with Crippen molar-refractivity contribution < 1.29 is 0 Å². The molecular weight excluding hydrogens is 280 g/mol. The molecule has 2 aliphatic rings. The quantitative estimate of drug-likeness (QED) is 0.778. The van der Waals surface area contributed by atoms with Crippen molar-refractivity contribution >= 4 is 0 Å².